The fourth-order valence-electron chi connectivity index (χ4n) is 2.41. The average molecular weight is 352 g/mol. The number of aryl methyl sites for hydroxylation is 3. The van der Waals surface area contributed by atoms with Crippen molar-refractivity contribution in [2.75, 3.05) is 0 Å². The third-order valence-corrected chi connectivity index (χ3v) is 5.08. The Kier molecular flexibility index (Phi) is 5.04. The highest BCUT2D eigenvalue weighted by atomic mass is 32.2. The summed E-state index contributed by atoms with van der Waals surface area (Å²) < 4.78 is 5.73. The predicted molar refractivity (Wildman–Crippen MR) is 100 cm³/mol. The van der Waals surface area contributed by atoms with Crippen molar-refractivity contribution < 1.29 is 9.21 Å². The number of hydrogen-bond donors (Lipinski definition) is 0. The normalized spacial score (nSPS) is 12.2. The van der Waals surface area contributed by atoms with Crippen LogP contribution in [-0.2, 0) is 0 Å². The molecule has 0 saturated heterocycles. The van der Waals surface area contributed by atoms with Crippen LogP contribution >= 0.6 is 11.8 Å². The number of carbonyl (C=O) groups excluding carboxylic acids is 1. The summed E-state index contributed by atoms with van der Waals surface area (Å²) in [5.74, 6) is 0.525. The second-order valence-electron chi connectivity index (χ2n) is 6.16. The van der Waals surface area contributed by atoms with Crippen molar-refractivity contribution in [3.05, 3.63) is 64.7 Å². The molecule has 0 fully saturated rings. The topological polar surface area (TPSA) is 56.0 Å². The Labute approximate surface area is 151 Å². The SMILES string of the molecule is Cc1ccc(C(=O)[C@@H](C)Sc2nnc(-c3ccc(C)c(C)c3)o2)cc1. The van der Waals surface area contributed by atoms with Crippen LogP contribution < -0.4 is 0 Å². The van der Waals surface area contributed by atoms with Gasteiger partial charge in [0.2, 0.25) is 5.89 Å². The second-order valence-corrected chi connectivity index (χ2v) is 7.45. The summed E-state index contributed by atoms with van der Waals surface area (Å²) >= 11 is 1.28. The zero-order valence-electron chi connectivity index (χ0n) is 14.7. The van der Waals surface area contributed by atoms with Crippen LogP contribution in [0.4, 0.5) is 0 Å². The quantitative estimate of drug-likeness (QED) is 0.476. The van der Waals surface area contributed by atoms with Crippen LogP contribution in [0.3, 0.4) is 0 Å². The first-order chi connectivity index (χ1) is 11.9. The molecule has 1 atom stereocenters. The molecule has 0 aliphatic rings. The third-order valence-electron chi connectivity index (χ3n) is 4.14. The summed E-state index contributed by atoms with van der Waals surface area (Å²) in [6.07, 6.45) is 0. The van der Waals surface area contributed by atoms with Gasteiger partial charge in [-0.15, -0.1) is 10.2 Å². The van der Waals surface area contributed by atoms with E-state index in [9.17, 15) is 4.79 Å². The number of benzene rings is 2. The van der Waals surface area contributed by atoms with Crippen LogP contribution in [-0.4, -0.2) is 21.2 Å². The second kappa shape index (κ2) is 7.23. The average Bonchev–Trinajstić information content (AvgIpc) is 3.06. The van der Waals surface area contributed by atoms with Crippen molar-refractivity contribution in [2.45, 2.75) is 38.2 Å². The van der Waals surface area contributed by atoms with E-state index >= 15 is 0 Å². The van der Waals surface area contributed by atoms with Gasteiger partial charge in [-0.05, 0) is 51.0 Å². The lowest BCUT2D eigenvalue weighted by Gasteiger charge is -2.07. The zero-order valence-corrected chi connectivity index (χ0v) is 15.6. The van der Waals surface area contributed by atoms with E-state index in [4.69, 9.17) is 4.42 Å². The Morgan fingerprint density at radius 2 is 1.72 bits per heavy atom. The highest BCUT2D eigenvalue weighted by molar-refractivity contribution is 8.00. The molecule has 0 aliphatic heterocycles. The van der Waals surface area contributed by atoms with Crippen molar-refractivity contribution in [3.8, 4) is 11.5 Å². The van der Waals surface area contributed by atoms with Crippen molar-refractivity contribution in [2.24, 2.45) is 0 Å². The van der Waals surface area contributed by atoms with Gasteiger partial charge >= 0.3 is 0 Å². The largest absolute Gasteiger partial charge is 0.411 e. The number of rotatable bonds is 5. The minimum atomic E-state index is -0.296. The summed E-state index contributed by atoms with van der Waals surface area (Å²) in [6, 6.07) is 13.6. The van der Waals surface area contributed by atoms with Crippen LogP contribution in [0.15, 0.2) is 52.1 Å². The van der Waals surface area contributed by atoms with E-state index in [1.807, 2.05) is 63.2 Å². The highest BCUT2D eigenvalue weighted by Crippen LogP contribution is 2.28. The molecule has 0 bridgehead atoms. The van der Waals surface area contributed by atoms with Gasteiger partial charge in [-0.3, -0.25) is 4.79 Å². The molecule has 4 nitrogen and oxygen atoms in total. The van der Waals surface area contributed by atoms with Crippen LogP contribution in [0, 0.1) is 20.8 Å². The van der Waals surface area contributed by atoms with E-state index in [-0.39, 0.29) is 11.0 Å². The monoisotopic (exact) mass is 352 g/mol. The molecule has 3 aromatic rings. The Morgan fingerprint density at radius 1 is 1.00 bits per heavy atom. The predicted octanol–water partition coefficient (Wildman–Crippen LogP) is 5.03. The molecule has 1 heterocycles. The molecule has 0 spiro atoms. The molecule has 25 heavy (non-hydrogen) atoms. The first-order valence-corrected chi connectivity index (χ1v) is 9.00. The molecule has 0 saturated carbocycles. The maximum atomic E-state index is 12.5. The van der Waals surface area contributed by atoms with Crippen LogP contribution in [0.1, 0.15) is 34.0 Å². The number of Topliss-reactive ketones (excluding diaryl/α,β-unsaturated/α-hetero) is 1. The van der Waals surface area contributed by atoms with Gasteiger partial charge in [0.25, 0.3) is 5.22 Å². The molecular formula is C20H20N2O2S. The van der Waals surface area contributed by atoms with Gasteiger partial charge in [0, 0.05) is 11.1 Å². The lowest BCUT2D eigenvalue weighted by Crippen LogP contribution is -2.13. The van der Waals surface area contributed by atoms with Crippen molar-refractivity contribution in [1.29, 1.82) is 0 Å². The maximum Gasteiger partial charge on any atom is 0.277 e. The molecule has 2 aromatic carbocycles. The lowest BCUT2D eigenvalue weighted by atomic mass is 10.1. The number of carbonyl (C=O) groups is 1. The van der Waals surface area contributed by atoms with E-state index in [1.165, 1.54) is 22.9 Å². The van der Waals surface area contributed by atoms with Gasteiger partial charge in [0.1, 0.15) is 0 Å². The fourth-order valence-corrected chi connectivity index (χ4v) is 3.17. The van der Waals surface area contributed by atoms with E-state index < -0.39 is 0 Å². The molecule has 0 unspecified atom stereocenters. The van der Waals surface area contributed by atoms with E-state index in [0.717, 1.165) is 11.1 Å². The van der Waals surface area contributed by atoms with Crippen molar-refractivity contribution in [1.82, 2.24) is 10.2 Å². The van der Waals surface area contributed by atoms with Crippen LogP contribution in [0.2, 0.25) is 0 Å². The number of aromatic nitrogens is 2. The summed E-state index contributed by atoms with van der Waals surface area (Å²) in [5.41, 5.74) is 5.11. The van der Waals surface area contributed by atoms with Crippen LogP contribution in [0.5, 0.6) is 0 Å². The van der Waals surface area contributed by atoms with Gasteiger partial charge in [0.05, 0.1) is 5.25 Å². The molecular weight excluding hydrogens is 332 g/mol. The first-order valence-electron chi connectivity index (χ1n) is 8.12. The molecule has 5 heteroatoms. The van der Waals surface area contributed by atoms with E-state index in [0.29, 0.717) is 16.7 Å². The molecule has 0 radical (unpaired) electrons. The smallest absolute Gasteiger partial charge is 0.277 e. The number of hydrogen-bond acceptors (Lipinski definition) is 5. The number of nitrogens with zero attached hydrogens (tertiary/aromatic N) is 2. The summed E-state index contributed by atoms with van der Waals surface area (Å²) in [4.78, 5) is 12.5. The zero-order chi connectivity index (χ0) is 18.0. The molecule has 128 valence electrons. The van der Waals surface area contributed by atoms with Gasteiger partial charge in [-0.25, -0.2) is 0 Å². The molecule has 3 rings (SSSR count). The Balaban J connectivity index is 1.73. The maximum absolute atomic E-state index is 12.5. The summed E-state index contributed by atoms with van der Waals surface area (Å²) in [6.45, 7) is 7.96. The first kappa shape index (κ1) is 17.4. The fraction of sp³-hybridized carbons (Fsp3) is 0.250. The van der Waals surface area contributed by atoms with Gasteiger partial charge in [0.15, 0.2) is 5.78 Å². The Bertz CT molecular complexity index is 900. The van der Waals surface area contributed by atoms with Gasteiger partial charge in [-0.2, -0.15) is 0 Å². The number of thioether (sulfide) groups is 1. The standard InChI is InChI=1S/C20H20N2O2S/c1-12-5-8-16(9-6-12)18(23)15(4)25-20-22-21-19(24-20)17-10-7-13(2)14(3)11-17/h5-11,15H,1-4H3/t15-/m1/s1. The molecule has 0 amide bonds. The number of ketones is 1. The van der Waals surface area contributed by atoms with Crippen molar-refractivity contribution in [3.63, 3.8) is 0 Å². The van der Waals surface area contributed by atoms with Crippen LogP contribution in [0.25, 0.3) is 11.5 Å². The van der Waals surface area contributed by atoms with Gasteiger partial charge < -0.3 is 4.42 Å². The lowest BCUT2D eigenvalue weighted by molar-refractivity contribution is 0.0993. The highest BCUT2D eigenvalue weighted by Gasteiger charge is 2.20. The Morgan fingerprint density at radius 3 is 2.40 bits per heavy atom. The molecule has 0 aliphatic carbocycles. The molecule has 1 aromatic heterocycles. The summed E-state index contributed by atoms with van der Waals surface area (Å²) in [7, 11) is 0. The summed E-state index contributed by atoms with van der Waals surface area (Å²) in [5, 5.41) is 8.28. The Hall–Kier alpha value is -2.40. The third kappa shape index (κ3) is 3.99. The van der Waals surface area contributed by atoms with Crippen molar-refractivity contribution >= 4 is 17.5 Å². The van der Waals surface area contributed by atoms with E-state index in [1.54, 1.807) is 0 Å². The minimum absolute atomic E-state index is 0.0518. The van der Waals surface area contributed by atoms with E-state index in [2.05, 4.69) is 17.1 Å². The minimum Gasteiger partial charge on any atom is -0.411 e. The van der Waals surface area contributed by atoms with Gasteiger partial charge in [-0.1, -0.05) is 47.7 Å². The molecule has 0 N–H and O–H groups in total.